The minimum absolute atomic E-state index is 0.222. The molecule has 0 aliphatic carbocycles. The van der Waals surface area contributed by atoms with E-state index in [0.29, 0.717) is 6.61 Å². The lowest BCUT2D eigenvalue weighted by molar-refractivity contribution is -0.0379. The molecule has 0 aromatic heterocycles. The highest BCUT2D eigenvalue weighted by Gasteiger charge is 2.30. The van der Waals surface area contributed by atoms with Gasteiger partial charge in [-0.25, -0.2) is 0 Å². The molecular formula is C16H25BrClNO. The normalized spacial score (nSPS) is 13.5. The zero-order chi connectivity index (χ0) is 15.2. The van der Waals surface area contributed by atoms with Gasteiger partial charge < -0.3 is 10.1 Å². The van der Waals surface area contributed by atoms with Gasteiger partial charge in [-0.1, -0.05) is 40.5 Å². The smallest absolute Gasteiger partial charge is 0.0781 e. The zero-order valence-corrected chi connectivity index (χ0v) is 15.1. The van der Waals surface area contributed by atoms with Gasteiger partial charge >= 0.3 is 0 Å². The average molecular weight is 363 g/mol. The molecule has 0 radical (unpaired) electrons. The number of ether oxygens (including phenoxy) is 1. The standard InChI is InChI=1S/C16H25BrClNO/c1-5-9-19-15(16(3,4)20-6-2)10-12-7-8-13(17)11-14(12)18/h7-8,11,15,19H,5-6,9-10H2,1-4H3. The second-order valence-corrected chi connectivity index (χ2v) is 6.81. The molecule has 0 aliphatic heterocycles. The van der Waals surface area contributed by atoms with Crippen molar-refractivity contribution in [2.45, 2.75) is 52.2 Å². The summed E-state index contributed by atoms with van der Waals surface area (Å²) in [5.74, 6) is 0. The molecule has 0 saturated heterocycles. The summed E-state index contributed by atoms with van der Waals surface area (Å²) in [5.41, 5.74) is 0.927. The van der Waals surface area contributed by atoms with Crippen LogP contribution in [0.5, 0.6) is 0 Å². The third kappa shape index (κ3) is 5.36. The Morgan fingerprint density at radius 2 is 2.05 bits per heavy atom. The zero-order valence-electron chi connectivity index (χ0n) is 12.8. The second-order valence-electron chi connectivity index (χ2n) is 5.48. The molecule has 1 aromatic carbocycles. The molecule has 0 saturated carbocycles. The third-order valence-electron chi connectivity index (χ3n) is 3.44. The molecule has 2 nitrogen and oxygen atoms in total. The maximum absolute atomic E-state index is 6.34. The summed E-state index contributed by atoms with van der Waals surface area (Å²) in [6.45, 7) is 10.2. The van der Waals surface area contributed by atoms with E-state index in [2.05, 4.69) is 48.1 Å². The van der Waals surface area contributed by atoms with E-state index in [0.717, 1.165) is 34.4 Å². The van der Waals surface area contributed by atoms with E-state index in [9.17, 15) is 0 Å². The lowest BCUT2D eigenvalue weighted by atomic mass is 9.92. The summed E-state index contributed by atoms with van der Waals surface area (Å²) in [5, 5.41) is 4.39. The van der Waals surface area contributed by atoms with Gasteiger partial charge in [0.1, 0.15) is 0 Å². The second kappa shape index (κ2) is 8.38. The molecule has 114 valence electrons. The molecule has 0 amide bonds. The van der Waals surface area contributed by atoms with E-state index in [1.807, 2.05) is 19.1 Å². The van der Waals surface area contributed by atoms with E-state index in [1.54, 1.807) is 0 Å². The van der Waals surface area contributed by atoms with Gasteiger partial charge in [0.25, 0.3) is 0 Å². The van der Waals surface area contributed by atoms with Crippen molar-refractivity contribution < 1.29 is 4.74 Å². The molecule has 1 N–H and O–H groups in total. The highest BCUT2D eigenvalue weighted by Crippen LogP contribution is 2.26. The number of rotatable bonds is 8. The predicted octanol–water partition coefficient (Wildman–Crippen LogP) is 4.83. The van der Waals surface area contributed by atoms with Crippen LogP contribution in [0.25, 0.3) is 0 Å². The van der Waals surface area contributed by atoms with E-state index >= 15 is 0 Å². The van der Waals surface area contributed by atoms with Crippen molar-refractivity contribution in [2.75, 3.05) is 13.2 Å². The highest BCUT2D eigenvalue weighted by molar-refractivity contribution is 9.10. The van der Waals surface area contributed by atoms with Crippen LogP contribution in [0, 0.1) is 0 Å². The first-order chi connectivity index (χ1) is 9.40. The SMILES string of the molecule is CCCNC(Cc1ccc(Br)cc1Cl)C(C)(C)OCC. The molecule has 1 atom stereocenters. The fourth-order valence-electron chi connectivity index (χ4n) is 2.26. The van der Waals surface area contributed by atoms with Gasteiger partial charge in [-0.2, -0.15) is 0 Å². The molecule has 0 spiro atoms. The number of benzene rings is 1. The van der Waals surface area contributed by atoms with Gasteiger partial charge in [0.2, 0.25) is 0 Å². The summed E-state index contributed by atoms with van der Waals surface area (Å²) >= 11 is 9.78. The number of nitrogens with one attached hydrogen (secondary N) is 1. The van der Waals surface area contributed by atoms with Crippen LogP contribution in [0.2, 0.25) is 5.02 Å². The van der Waals surface area contributed by atoms with Crippen molar-refractivity contribution in [3.63, 3.8) is 0 Å². The van der Waals surface area contributed by atoms with Gasteiger partial charge in [0.05, 0.1) is 5.60 Å². The van der Waals surface area contributed by atoms with E-state index in [-0.39, 0.29) is 11.6 Å². The van der Waals surface area contributed by atoms with E-state index in [4.69, 9.17) is 16.3 Å². The maximum Gasteiger partial charge on any atom is 0.0781 e. The number of hydrogen-bond donors (Lipinski definition) is 1. The minimum atomic E-state index is -0.222. The van der Waals surface area contributed by atoms with Gasteiger partial charge in [-0.15, -0.1) is 0 Å². The summed E-state index contributed by atoms with van der Waals surface area (Å²) in [6.07, 6.45) is 1.96. The monoisotopic (exact) mass is 361 g/mol. The number of halogens is 2. The Morgan fingerprint density at radius 3 is 2.60 bits per heavy atom. The Balaban J connectivity index is 2.88. The highest BCUT2D eigenvalue weighted by atomic mass is 79.9. The molecular weight excluding hydrogens is 338 g/mol. The quantitative estimate of drug-likeness (QED) is 0.715. The molecule has 0 bridgehead atoms. The van der Waals surface area contributed by atoms with Crippen LogP contribution in [0.4, 0.5) is 0 Å². The predicted molar refractivity (Wildman–Crippen MR) is 90.6 cm³/mol. The van der Waals surface area contributed by atoms with E-state index in [1.165, 1.54) is 0 Å². The fraction of sp³-hybridized carbons (Fsp3) is 0.625. The minimum Gasteiger partial charge on any atom is -0.374 e. The van der Waals surface area contributed by atoms with Crippen LogP contribution < -0.4 is 5.32 Å². The van der Waals surface area contributed by atoms with Crippen molar-refractivity contribution in [3.05, 3.63) is 33.3 Å². The molecule has 1 unspecified atom stereocenters. The average Bonchev–Trinajstić information content (AvgIpc) is 2.36. The third-order valence-corrected chi connectivity index (χ3v) is 4.28. The Kier molecular flexibility index (Phi) is 7.52. The number of hydrogen-bond acceptors (Lipinski definition) is 2. The molecule has 0 fully saturated rings. The van der Waals surface area contributed by atoms with Gasteiger partial charge in [-0.3, -0.25) is 0 Å². The molecule has 1 rings (SSSR count). The fourth-order valence-corrected chi connectivity index (χ4v) is 3.01. The van der Waals surface area contributed by atoms with Crippen LogP contribution in [-0.4, -0.2) is 24.8 Å². The lowest BCUT2D eigenvalue weighted by Gasteiger charge is -2.35. The summed E-state index contributed by atoms with van der Waals surface area (Å²) in [4.78, 5) is 0. The first kappa shape index (κ1) is 18.0. The van der Waals surface area contributed by atoms with Crippen LogP contribution in [0.3, 0.4) is 0 Å². The molecule has 0 heterocycles. The van der Waals surface area contributed by atoms with Crippen LogP contribution >= 0.6 is 27.5 Å². The Morgan fingerprint density at radius 1 is 1.35 bits per heavy atom. The van der Waals surface area contributed by atoms with Crippen LogP contribution in [-0.2, 0) is 11.2 Å². The molecule has 4 heteroatoms. The van der Waals surface area contributed by atoms with Gasteiger partial charge in [0.15, 0.2) is 0 Å². The van der Waals surface area contributed by atoms with Crippen LogP contribution in [0.15, 0.2) is 22.7 Å². The molecule has 0 aliphatic rings. The lowest BCUT2D eigenvalue weighted by Crippen LogP contribution is -2.50. The summed E-state index contributed by atoms with van der Waals surface area (Å²) in [7, 11) is 0. The summed E-state index contributed by atoms with van der Waals surface area (Å²) in [6, 6.07) is 6.29. The molecule has 1 aromatic rings. The largest absolute Gasteiger partial charge is 0.374 e. The van der Waals surface area contributed by atoms with Crippen molar-refractivity contribution in [2.24, 2.45) is 0 Å². The first-order valence-electron chi connectivity index (χ1n) is 7.22. The Hall–Kier alpha value is -0.0900. The Bertz CT molecular complexity index is 423. The van der Waals surface area contributed by atoms with Gasteiger partial charge in [0, 0.05) is 22.1 Å². The van der Waals surface area contributed by atoms with Gasteiger partial charge in [-0.05, 0) is 57.9 Å². The van der Waals surface area contributed by atoms with Crippen molar-refractivity contribution in [3.8, 4) is 0 Å². The van der Waals surface area contributed by atoms with Crippen molar-refractivity contribution in [1.29, 1.82) is 0 Å². The van der Waals surface area contributed by atoms with Crippen molar-refractivity contribution >= 4 is 27.5 Å². The van der Waals surface area contributed by atoms with E-state index < -0.39 is 0 Å². The maximum atomic E-state index is 6.34. The molecule has 20 heavy (non-hydrogen) atoms. The van der Waals surface area contributed by atoms with Crippen LogP contribution in [0.1, 0.15) is 39.7 Å². The summed E-state index contributed by atoms with van der Waals surface area (Å²) < 4.78 is 6.92. The first-order valence-corrected chi connectivity index (χ1v) is 8.39. The van der Waals surface area contributed by atoms with Crippen molar-refractivity contribution in [1.82, 2.24) is 5.32 Å². The Labute approximate surface area is 136 Å². The topological polar surface area (TPSA) is 21.3 Å².